The molecule has 2 aromatic rings. The average Bonchev–Trinajstić information content (AvgIpc) is 2.53. The van der Waals surface area contributed by atoms with Crippen LogP contribution in [0, 0.1) is 0 Å². The minimum atomic E-state index is -0.297. The first kappa shape index (κ1) is 13.7. The van der Waals surface area contributed by atoms with Crippen LogP contribution >= 0.6 is 0 Å². The normalized spacial score (nSPS) is 10.4. The summed E-state index contributed by atoms with van der Waals surface area (Å²) in [4.78, 5) is 23.4. The monoisotopic (exact) mass is 266 g/mol. The van der Waals surface area contributed by atoms with Crippen molar-refractivity contribution in [3.05, 3.63) is 71.8 Å². The maximum Gasteiger partial charge on any atom is 0.271 e. The van der Waals surface area contributed by atoms with Gasteiger partial charge in [-0.05, 0) is 12.1 Å². The lowest BCUT2D eigenvalue weighted by Crippen LogP contribution is -2.17. The SMILES string of the molecule is O=C(C/C=N\NC(=O)c1ccccc1)c1ccccc1. The van der Waals surface area contributed by atoms with E-state index < -0.39 is 0 Å². The minimum Gasteiger partial charge on any atom is -0.294 e. The molecule has 0 spiro atoms. The molecule has 0 unspecified atom stereocenters. The molecule has 1 amide bonds. The second-order valence-electron chi connectivity index (χ2n) is 4.11. The summed E-state index contributed by atoms with van der Waals surface area (Å²) in [6.45, 7) is 0. The van der Waals surface area contributed by atoms with E-state index in [4.69, 9.17) is 0 Å². The number of hydrazone groups is 1. The van der Waals surface area contributed by atoms with Crippen LogP contribution in [0.4, 0.5) is 0 Å². The van der Waals surface area contributed by atoms with Crippen molar-refractivity contribution in [2.45, 2.75) is 6.42 Å². The van der Waals surface area contributed by atoms with E-state index in [0.717, 1.165) is 0 Å². The lowest BCUT2D eigenvalue weighted by atomic mass is 10.1. The first-order valence-corrected chi connectivity index (χ1v) is 6.22. The Balaban J connectivity index is 1.83. The lowest BCUT2D eigenvalue weighted by molar-refractivity contribution is 0.0951. The van der Waals surface area contributed by atoms with Crippen LogP contribution in [0.15, 0.2) is 65.8 Å². The number of hydrogen-bond donors (Lipinski definition) is 1. The van der Waals surface area contributed by atoms with E-state index in [-0.39, 0.29) is 18.1 Å². The standard InChI is InChI=1S/C16H14N2O2/c19-15(13-7-3-1-4-8-13)11-12-17-18-16(20)14-9-5-2-6-10-14/h1-10,12H,11H2,(H,18,20)/b17-12-. The van der Waals surface area contributed by atoms with E-state index in [2.05, 4.69) is 10.5 Å². The van der Waals surface area contributed by atoms with E-state index in [0.29, 0.717) is 11.1 Å². The molecule has 0 aromatic heterocycles. The molecule has 0 aliphatic carbocycles. The molecule has 0 radical (unpaired) electrons. The zero-order chi connectivity index (χ0) is 14.2. The van der Waals surface area contributed by atoms with Crippen molar-refractivity contribution in [3.63, 3.8) is 0 Å². The summed E-state index contributed by atoms with van der Waals surface area (Å²) in [6.07, 6.45) is 1.55. The molecule has 0 saturated carbocycles. The van der Waals surface area contributed by atoms with Crippen LogP contribution in [-0.2, 0) is 0 Å². The highest BCUT2D eigenvalue weighted by Gasteiger charge is 2.03. The number of benzene rings is 2. The molecular weight excluding hydrogens is 252 g/mol. The highest BCUT2D eigenvalue weighted by Crippen LogP contribution is 2.01. The Kier molecular flexibility index (Phi) is 4.78. The van der Waals surface area contributed by atoms with Gasteiger partial charge in [-0.15, -0.1) is 0 Å². The van der Waals surface area contributed by atoms with Gasteiger partial charge in [0.1, 0.15) is 0 Å². The van der Waals surface area contributed by atoms with Gasteiger partial charge in [0.25, 0.3) is 5.91 Å². The van der Waals surface area contributed by atoms with Gasteiger partial charge in [-0.2, -0.15) is 5.10 Å². The molecule has 0 bridgehead atoms. The van der Waals surface area contributed by atoms with Gasteiger partial charge in [0, 0.05) is 23.8 Å². The van der Waals surface area contributed by atoms with Gasteiger partial charge < -0.3 is 0 Å². The number of ketones is 1. The fourth-order valence-electron chi connectivity index (χ4n) is 1.63. The predicted octanol–water partition coefficient (Wildman–Crippen LogP) is 2.68. The summed E-state index contributed by atoms with van der Waals surface area (Å²) >= 11 is 0. The van der Waals surface area contributed by atoms with Gasteiger partial charge in [0.05, 0.1) is 0 Å². The number of nitrogens with zero attached hydrogens (tertiary/aromatic N) is 1. The highest BCUT2D eigenvalue weighted by molar-refractivity contribution is 6.03. The number of rotatable bonds is 5. The minimum absolute atomic E-state index is 0.0386. The molecule has 2 aromatic carbocycles. The Morgan fingerprint density at radius 2 is 1.45 bits per heavy atom. The second-order valence-corrected chi connectivity index (χ2v) is 4.11. The van der Waals surface area contributed by atoms with E-state index in [1.807, 2.05) is 24.3 Å². The van der Waals surface area contributed by atoms with Gasteiger partial charge >= 0.3 is 0 Å². The zero-order valence-electron chi connectivity index (χ0n) is 10.8. The van der Waals surface area contributed by atoms with Crippen molar-refractivity contribution < 1.29 is 9.59 Å². The Labute approximate surface area is 117 Å². The fourth-order valence-corrected chi connectivity index (χ4v) is 1.63. The van der Waals surface area contributed by atoms with E-state index >= 15 is 0 Å². The molecule has 0 atom stereocenters. The molecule has 4 heteroatoms. The van der Waals surface area contributed by atoms with Crippen LogP contribution in [0.2, 0.25) is 0 Å². The Morgan fingerprint density at radius 3 is 2.05 bits per heavy atom. The van der Waals surface area contributed by atoms with E-state index in [9.17, 15) is 9.59 Å². The summed E-state index contributed by atoms with van der Waals surface area (Å²) in [5.74, 6) is -0.336. The largest absolute Gasteiger partial charge is 0.294 e. The van der Waals surface area contributed by atoms with Crippen molar-refractivity contribution in [1.82, 2.24) is 5.43 Å². The summed E-state index contributed by atoms with van der Waals surface area (Å²) in [7, 11) is 0. The molecule has 0 aliphatic rings. The smallest absolute Gasteiger partial charge is 0.271 e. The van der Waals surface area contributed by atoms with Gasteiger partial charge in [0.15, 0.2) is 5.78 Å². The Morgan fingerprint density at radius 1 is 0.900 bits per heavy atom. The summed E-state index contributed by atoms with van der Waals surface area (Å²) in [5, 5.41) is 3.77. The molecule has 100 valence electrons. The highest BCUT2D eigenvalue weighted by atomic mass is 16.2. The maximum absolute atomic E-state index is 11.8. The zero-order valence-corrected chi connectivity index (χ0v) is 10.8. The predicted molar refractivity (Wildman–Crippen MR) is 77.8 cm³/mol. The molecule has 20 heavy (non-hydrogen) atoms. The Hall–Kier alpha value is -2.75. The molecule has 0 aliphatic heterocycles. The fraction of sp³-hybridized carbons (Fsp3) is 0.0625. The van der Waals surface area contributed by atoms with Crippen LogP contribution < -0.4 is 5.43 Å². The topological polar surface area (TPSA) is 58.5 Å². The molecule has 0 fully saturated rings. The van der Waals surface area contributed by atoms with Crippen molar-refractivity contribution in [2.75, 3.05) is 0 Å². The number of hydrogen-bond acceptors (Lipinski definition) is 3. The van der Waals surface area contributed by atoms with Gasteiger partial charge in [-0.3, -0.25) is 9.59 Å². The molecule has 1 N–H and O–H groups in total. The summed E-state index contributed by atoms with van der Waals surface area (Å²) in [6, 6.07) is 17.7. The number of carbonyl (C=O) groups excluding carboxylic acids is 2. The van der Waals surface area contributed by atoms with Crippen molar-refractivity contribution >= 4 is 17.9 Å². The van der Waals surface area contributed by atoms with Crippen molar-refractivity contribution in [3.8, 4) is 0 Å². The maximum atomic E-state index is 11.8. The van der Waals surface area contributed by atoms with Crippen LogP contribution in [0.25, 0.3) is 0 Å². The average molecular weight is 266 g/mol. The second kappa shape index (κ2) is 6.99. The van der Waals surface area contributed by atoms with Crippen molar-refractivity contribution in [2.24, 2.45) is 5.10 Å². The first-order chi connectivity index (χ1) is 9.77. The number of carbonyl (C=O) groups is 2. The number of nitrogens with one attached hydrogen (secondary N) is 1. The van der Waals surface area contributed by atoms with Crippen molar-refractivity contribution in [1.29, 1.82) is 0 Å². The van der Waals surface area contributed by atoms with Crippen LogP contribution in [-0.4, -0.2) is 17.9 Å². The molecular formula is C16H14N2O2. The summed E-state index contributed by atoms with van der Waals surface area (Å²) < 4.78 is 0. The third kappa shape index (κ3) is 3.88. The third-order valence-corrected chi connectivity index (χ3v) is 2.67. The van der Waals surface area contributed by atoms with E-state index in [1.165, 1.54) is 6.21 Å². The van der Waals surface area contributed by atoms with Gasteiger partial charge in [0.2, 0.25) is 0 Å². The quantitative estimate of drug-likeness (QED) is 0.514. The molecule has 0 heterocycles. The molecule has 2 rings (SSSR count). The molecule has 4 nitrogen and oxygen atoms in total. The molecule has 0 saturated heterocycles. The first-order valence-electron chi connectivity index (χ1n) is 6.22. The van der Waals surface area contributed by atoms with E-state index in [1.54, 1.807) is 36.4 Å². The summed E-state index contributed by atoms with van der Waals surface area (Å²) in [5.41, 5.74) is 3.54. The Bertz CT molecular complexity index is 551. The van der Waals surface area contributed by atoms with Crippen LogP contribution in [0.5, 0.6) is 0 Å². The van der Waals surface area contributed by atoms with Gasteiger partial charge in [-0.25, -0.2) is 5.43 Å². The number of Topliss-reactive ketones (excluding diaryl/α,β-unsaturated/α-hetero) is 1. The van der Waals surface area contributed by atoms with Gasteiger partial charge in [-0.1, -0.05) is 48.5 Å². The third-order valence-electron chi connectivity index (χ3n) is 2.67. The van der Waals surface area contributed by atoms with Crippen LogP contribution in [0.3, 0.4) is 0 Å². The number of amides is 1. The lowest BCUT2D eigenvalue weighted by Gasteiger charge is -1.99. The van der Waals surface area contributed by atoms with Crippen LogP contribution in [0.1, 0.15) is 27.1 Å².